The molecule has 0 heterocycles. The number of benzene rings is 1. The Hall–Kier alpha value is -0.0100. The Morgan fingerprint density at radius 2 is 2.00 bits per heavy atom. The van der Waals surface area contributed by atoms with Crippen molar-refractivity contribution in [2.75, 3.05) is 5.88 Å². The summed E-state index contributed by atoms with van der Waals surface area (Å²) in [5.74, 6) is 1.96. The first-order chi connectivity index (χ1) is 7.13. The molecule has 15 heavy (non-hydrogen) atoms. The molecular formula is C13H18BrCl. The van der Waals surface area contributed by atoms with Gasteiger partial charge in [0.25, 0.3) is 0 Å². The lowest BCUT2D eigenvalue weighted by Gasteiger charge is -2.15. The van der Waals surface area contributed by atoms with Crippen LogP contribution < -0.4 is 0 Å². The number of rotatable bonds is 5. The maximum atomic E-state index is 6.02. The molecule has 0 radical (unpaired) electrons. The van der Waals surface area contributed by atoms with Gasteiger partial charge in [0.05, 0.1) is 0 Å². The van der Waals surface area contributed by atoms with E-state index in [4.69, 9.17) is 11.6 Å². The van der Waals surface area contributed by atoms with Crippen molar-refractivity contribution in [1.82, 2.24) is 0 Å². The first-order valence-corrected chi connectivity index (χ1v) is 6.77. The Labute approximate surface area is 106 Å². The van der Waals surface area contributed by atoms with Crippen molar-refractivity contribution in [2.45, 2.75) is 32.6 Å². The summed E-state index contributed by atoms with van der Waals surface area (Å²) in [6, 6.07) is 8.47. The van der Waals surface area contributed by atoms with E-state index >= 15 is 0 Å². The smallest absolute Gasteiger partial charge is 0.0292 e. The molecule has 0 aliphatic heterocycles. The zero-order valence-electron chi connectivity index (χ0n) is 9.34. The molecule has 0 N–H and O–H groups in total. The molecule has 1 aromatic carbocycles. The van der Waals surface area contributed by atoms with Crippen molar-refractivity contribution in [2.24, 2.45) is 5.92 Å². The second-order valence-electron chi connectivity index (χ2n) is 4.38. The van der Waals surface area contributed by atoms with E-state index in [1.54, 1.807) is 0 Å². The third kappa shape index (κ3) is 4.56. The minimum Gasteiger partial charge on any atom is -0.126 e. The lowest BCUT2D eigenvalue weighted by atomic mass is 9.93. The normalized spacial score (nSPS) is 13.1. The summed E-state index contributed by atoms with van der Waals surface area (Å²) < 4.78 is 1.14. The van der Waals surface area contributed by atoms with Crippen molar-refractivity contribution < 1.29 is 0 Å². The van der Waals surface area contributed by atoms with Gasteiger partial charge in [-0.05, 0) is 36.0 Å². The lowest BCUT2D eigenvalue weighted by molar-refractivity contribution is 0.519. The fourth-order valence-corrected chi connectivity index (χ4v) is 2.38. The summed E-state index contributed by atoms with van der Waals surface area (Å²) in [4.78, 5) is 0. The number of alkyl halides is 1. The summed E-state index contributed by atoms with van der Waals surface area (Å²) >= 11 is 9.52. The zero-order valence-corrected chi connectivity index (χ0v) is 11.7. The van der Waals surface area contributed by atoms with E-state index < -0.39 is 0 Å². The van der Waals surface area contributed by atoms with E-state index in [0.29, 0.717) is 11.8 Å². The van der Waals surface area contributed by atoms with Crippen molar-refractivity contribution in [3.63, 3.8) is 0 Å². The van der Waals surface area contributed by atoms with E-state index in [9.17, 15) is 0 Å². The van der Waals surface area contributed by atoms with Crippen LogP contribution >= 0.6 is 27.5 Å². The molecule has 1 atom stereocenters. The van der Waals surface area contributed by atoms with Crippen LogP contribution in [0.3, 0.4) is 0 Å². The van der Waals surface area contributed by atoms with Crippen molar-refractivity contribution in [1.29, 1.82) is 0 Å². The Morgan fingerprint density at radius 1 is 1.27 bits per heavy atom. The van der Waals surface area contributed by atoms with Crippen LogP contribution in [-0.2, 0) is 0 Å². The molecule has 0 aliphatic rings. The molecule has 1 aromatic rings. The van der Waals surface area contributed by atoms with Gasteiger partial charge >= 0.3 is 0 Å². The van der Waals surface area contributed by atoms with Crippen LogP contribution in [0.2, 0.25) is 0 Å². The Balaban J connectivity index is 2.65. The van der Waals surface area contributed by atoms with Crippen LogP contribution in [0.15, 0.2) is 28.7 Å². The second kappa shape index (κ2) is 6.55. The van der Waals surface area contributed by atoms with Crippen LogP contribution in [0.25, 0.3) is 0 Å². The summed E-state index contributed by atoms with van der Waals surface area (Å²) in [5.41, 5.74) is 1.35. The van der Waals surface area contributed by atoms with Crippen LogP contribution in [0.1, 0.15) is 38.2 Å². The molecule has 0 saturated heterocycles. The largest absolute Gasteiger partial charge is 0.126 e. The Kier molecular flexibility index (Phi) is 5.70. The van der Waals surface area contributed by atoms with Gasteiger partial charge in [-0.3, -0.25) is 0 Å². The van der Waals surface area contributed by atoms with Gasteiger partial charge in [-0.1, -0.05) is 48.3 Å². The molecule has 0 fully saturated rings. The molecule has 2 heteroatoms. The van der Waals surface area contributed by atoms with Crippen LogP contribution in [0.5, 0.6) is 0 Å². The van der Waals surface area contributed by atoms with E-state index in [-0.39, 0.29) is 0 Å². The summed E-state index contributed by atoms with van der Waals surface area (Å²) in [6.07, 6.45) is 2.42. The van der Waals surface area contributed by atoms with Crippen molar-refractivity contribution in [3.8, 4) is 0 Å². The highest BCUT2D eigenvalue weighted by Crippen LogP contribution is 2.26. The Morgan fingerprint density at radius 3 is 2.53 bits per heavy atom. The minimum atomic E-state index is 0.492. The van der Waals surface area contributed by atoms with E-state index in [2.05, 4.69) is 54.0 Å². The highest BCUT2D eigenvalue weighted by molar-refractivity contribution is 9.10. The van der Waals surface area contributed by atoms with Gasteiger partial charge in [-0.2, -0.15) is 0 Å². The Bertz CT molecular complexity index is 296. The average molecular weight is 290 g/mol. The molecule has 0 bridgehead atoms. The van der Waals surface area contributed by atoms with Gasteiger partial charge in [0.1, 0.15) is 0 Å². The quantitative estimate of drug-likeness (QED) is 0.653. The van der Waals surface area contributed by atoms with E-state index in [1.807, 2.05) is 0 Å². The van der Waals surface area contributed by atoms with Gasteiger partial charge in [-0.15, -0.1) is 11.6 Å². The molecule has 84 valence electrons. The SMILES string of the molecule is CC(C)CCC(CCl)c1cccc(Br)c1. The molecule has 0 amide bonds. The van der Waals surface area contributed by atoms with Crippen LogP contribution in [0.4, 0.5) is 0 Å². The summed E-state index contributed by atoms with van der Waals surface area (Å²) in [6.45, 7) is 4.51. The van der Waals surface area contributed by atoms with Gasteiger partial charge in [0.2, 0.25) is 0 Å². The fraction of sp³-hybridized carbons (Fsp3) is 0.538. The van der Waals surface area contributed by atoms with Gasteiger partial charge in [0, 0.05) is 10.4 Å². The summed E-state index contributed by atoms with van der Waals surface area (Å²) in [5, 5.41) is 0. The molecule has 0 saturated carbocycles. The van der Waals surface area contributed by atoms with Gasteiger partial charge in [0.15, 0.2) is 0 Å². The van der Waals surface area contributed by atoms with Crippen LogP contribution in [-0.4, -0.2) is 5.88 Å². The predicted octanol–water partition coefficient (Wildman–Crippen LogP) is 5.21. The van der Waals surface area contributed by atoms with Crippen molar-refractivity contribution >= 4 is 27.5 Å². The lowest BCUT2D eigenvalue weighted by Crippen LogP contribution is -2.02. The highest BCUT2D eigenvalue weighted by atomic mass is 79.9. The number of hydrogen-bond acceptors (Lipinski definition) is 0. The third-order valence-corrected chi connectivity index (χ3v) is 3.46. The maximum absolute atomic E-state index is 6.02. The molecule has 0 aromatic heterocycles. The maximum Gasteiger partial charge on any atom is 0.0292 e. The predicted molar refractivity (Wildman–Crippen MR) is 71.7 cm³/mol. The van der Waals surface area contributed by atoms with Gasteiger partial charge in [-0.25, -0.2) is 0 Å². The van der Waals surface area contributed by atoms with E-state index in [1.165, 1.54) is 18.4 Å². The molecule has 0 spiro atoms. The monoisotopic (exact) mass is 288 g/mol. The molecule has 0 nitrogen and oxygen atoms in total. The third-order valence-electron chi connectivity index (χ3n) is 2.60. The first kappa shape index (κ1) is 13.1. The minimum absolute atomic E-state index is 0.492. The first-order valence-electron chi connectivity index (χ1n) is 5.45. The molecule has 1 unspecified atom stereocenters. The number of halogens is 2. The second-order valence-corrected chi connectivity index (χ2v) is 5.60. The topological polar surface area (TPSA) is 0 Å². The standard InChI is InChI=1S/C13H18BrCl/c1-10(2)6-7-12(9-15)11-4-3-5-13(14)8-11/h3-5,8,10,12H,6-7,9H2,1-2H3. The van der Waals surface area contributed by atoms with Crippen molar-refractivity contribution in [3.05, 3.63) is 34.3 Å². The van der Waals surface area contributed by atoms with Crippen LogP contribution in [0, 0.1) is 5.92 Å². The zero-order chi connectivity index (χ0) is 11.3. The number of hydrogen-bond donors (Lipinski definition) is 0. The molecule has 1 rings (SSSR count). The highest BCUT2D eigenvalue weighted by Gasteiger charge is 2.11. The molecule has 0 aliphatic carbocycles. The van der Waals surface area contributed by atoms with Gasteiger partial charge < -0.3 is 0 Å². The average Bonchev–Trinajstić information content (AvgIpc) is 2.18. The summed E-state index contributed by atoms with van der Waals surface area (Å²) in [7, 11) is 0. The molecular weight excluding hydrogens is 272 g/mol. The van der Waals surface area contributed by atoms with E-state index in [0.717, 1.165) is 10.4 Å². The fourth-order valence-electron chi connectivity index (χ4n) is 1.63.